The maximum Gasteiger partial charge on any atom is 0.274 e. The number of hydrogen-bond donors (Lipinski definition) is 1. The van der Waals surface area contributed by atoms with Crippen molar-refractivity contribution in [3.05, 3.63) is 52.0 Å². The number of aromatic nitrogens is 2. The summed E-state index contributed by atoms with van der Waals surface area (Å²) in [7, 11) is 0. The molecule has 24 heavy (non-hydrogen) atoms. The summed E-state index contributed by atoms with van der Waals surface area (Å²) in [6, 6.07) is 9.53. The number of carbonyl (C=O) groups excluding carboxylic acids is 1. The molecule has 122 valence electrons. The van der Waals surface area contributed by atoms with Crippen LogP contribution in [0.5, 0.6) is 0 Å². The zero-order valence-electron chi connectivity index (χ0n) is 12.8. The van der Waals surface area contributed by atoms with Gasteiger partial charge in [0.05, 0.1) is 10.2 Å². The van der Waals surface area contributed by atoms with E-state index in [9.17, 15) is 4.79 Å². The van der Waals surface area contributed by atoms with Crippen LogP contribution in [0.2, 0.25) is 5.02 Å². The third-order valence-corrected chi connectivity index (χ3v) is 5.13. The van der Waals surface area contributed by atoms with Crippen LogP contribution in [0.4, 0.5) is 5.95 Å². The molecule has 0 saturated carbocycles. The molecule has 4 rings (SSSR count). The van der Waals surface area contributed by atoms with Gasteiger partial charge in [0.25, 0.3) is 5.91 Å². The average molecular weight is 359 g/mol. The van der Waals surface area contributed by atoms with Crippen LogP contribution in [-0.2, 0) is 6.54 Å². The van der Waals surface area contributed by atoms with Gasteiger partial charge in [0.2, 0.25) is 5.95 Å². The van der Waals surface area contributed by atoms with Gasteiger partial charge in [-0.25, -0.2) is 9.97 Å². The molecule has 7 heteroatoms. The van der Waals surface area contributed by atoms with Crippen LogP contribution >= 0.6 is 22.9 Å². The Labute approximate surface area is 148 Å². The Kier molecular flexibility index (Phi) is 4.08. The topological polar surface area (TPSA) is 58.1 Å². The van der Waals surface area contributed by atoms with Crippen molar-refractivity contribution in [1.29, 1.82) is 0 Å². The van der Waals surface area contributed by atoms with Crippen molar-refractivity contribution in [2.24, 2.45) is 0 Å². The minimum Gasteiger partial charge on any atom is -0.350 e. The first kappa shape index (κ1) is 15.4. The van der Waals surface area contributed by atoms with Crippen LogP contribution < -0.4 is 5.32 Å². The number of benzene rings is 1. The highest BCUT2D eigenvalue weighted by atomic mass is 35.5. The third kappa shape index (κ3) is 2.95. The summed E-state index contributed by atoms with van der Waals surface area (Å²) in [5, 5.41) is 5.82. The number of anilines is 1. The molecule has 0 aliphatic carbocycles. The number of likely N-dealkylation sites (tertiary alicyclic amines) is 1. The Morgan fingerprint density at radius 3 is 2.92 bits per heavy atom. The normalized spacial score (nSPS) is 13.8. The lowest BCUT2D eigenvalue weighted by Gasteiger charge is -2.30. The number of rotatable bonds is 4. The Morgan fingerprint density at radius 2 is 2.17 bits per heavy atom. The predicted molar refractivity (Wildman–Crippen MR) is 96.7 cm³/mol. The summed E-state index contributed by atoms with van der Waals surface area (Å²) in [5.74, 6) is 0.451. The lowest BCUT2D eigenvalue weighted by Crippen LogP contribution is -2.42. The molecule has 5 nitrogen and oxygen atoms in total. The molecule has 0 unspecified atom stereocenters. The lowest BCUT2D eigenvalue weighted by atomic mass is 10.2. The minimum atomic E-state index is -0.0121. The molecular weight excluding hydrogens is 344 g/mol. The van der Waals surface area contributed by atoms with E-state index in [2.05, 4.69) is 15.3 Å². The molecule has 1 aliphatic rings. The molecule has 1 N–H and O–H groups in total. The Hall–Kier alpha value is -2.18. The van der Waals surface area contributed by atoms with Crippen LogP contribution in [0.1, 0.15) is 22.5 Å². The molecular formula is C17H15ClN4OS. The number of amides is 1. The minimum absolute atomic E-state index is 0.0121. The van der Waals surface area contributed by atoms with Gasteiger partial charge in [-0.2, -0.15) is 0 Å². The fraction of sp³-hybridized carbons (Fsp3) is 0.235. The smallest absolute Gasteiger partial charge is 0.274 e. The number of carbonyl (C=O) groups is 1. The van der Waals surface area contributed by atoms with E-state index in [1.807, 2.05) is 40.6 Å². The maximum absolute atomic E-state index is 12.6. The third-order valence-electron chi connectivity index (χ3n) is 3.99. The maximum atomic E-state index is 12.6. The van der Waals surface area contributed by atoms with E-state index in [1.165, 1.54) is 11.3 Å². The summed E-state index contributed by atoms with van der Waals surface area (Å²) in [6.45, 7) is 2.16. The molecule has 1 saturated heterocycles. The molecule has 1 amide bonds. The van der Waals surface area contributed by atoms with Crippen LogP contribution in [0.25, 0.3) is 10.2 Å². The fourth-order valence-corrected chi connectivity index (χ4v) is 3.61. The fourth-order valence-electron chi connectivity index (χ4n) is 2.58. The van der Waals surface area contributed by atoms with E-state index in [1.54, 1.807) is 0 Å². The van der Waals surface area contributed by atoms with Crippen molar-refractivity contribution in [1.82, 2.24) is 14.9 Å². The van der Waals surface area contributed by atoms with Gasteiger partial charge in [-0.1, -0.05) is 23.7 Å². The second kappa shape index (κ2) is 6.37. The summed E-state index contributed by atoms with van der Waals surface area (Å²) in [4.78, 5) is 23.4. The van der Waals surface area contributed by atoms with Crippen molar-refractivity contribution >= 4 is 45.0 Å². The first-order valence-electron chi connectivity index (χ1n) is 7.73. The van der Waals surface area contributed by atoms with Gasteiger partial charge in [-0.05, 0) is 35.6 Å². The van der Waals surface area contributed by atoms with Crippen molar-refractivity contribution in [2.75, 3.05) is 18.4 Å². The zero-order valence-corrected chi connectivity index (χ0v) is 14.4. The monoisotopic (exact) mass is 358 g/mol. The molecule has 0 atom stereocenters. The SMILES string of the molecule is O=C(c1nc(NCc2cccc(Cl)c2)nc2ccsc12)N1CCC1. The van der Waals surface area contributed by atoms with Crippen molar-refractivity contribution in [3.63, 3.8) is 0 Å². The Morgan fingerprint density at radius 1 is 1.29 bits per heavy atom. The number of nitrogens with zero attached hydrogens (tertiary/aromatic N) is 3. The number of halogens is 1. The molecule has 3 heterocycles. The summed E-state index contributed by atoms with van der Waals surface area (Å²) < 4.78 is 0.847. The van der Waals surface area contributed by atoms with Gasteiger partial charge in [0, 0.05) is 24.7 Å². The second-order valence-corrected chi connectivity index (χ2v) is 7.01. The molecule has 0 bridgehead atoms. The van der Waals surface area contributed by atoms with Crippen LogP contribution in [0.15, 0.2) is 35.7 Å². The van der Waals surface area contributed by atoms with Gasteiger partial charge in [0.15, 0.2) is 5.69 Å². The van der Waals surface area contributed by atoms with Crippen LogP contribution in [0, 0.1) is 0 Å². The molecule has 0 spiro atoms. The number of fused-ring (bicyclic) bond motifs is 1. The van der Waals surface area contributed by atoms with Gasteiger partial charge in [0.1, 0.15) is 0 Å². The molecule has 1 fully saturated rings. The number of nitrogens with one attached hydrogen (secondary N) is 1. The first-order valence-corrected chi connectivity index (χ1v) is 8.99. The van der Waals surface area contributed by atoms with E-state index in [4.69, 9.17) is 11.6 Å². The van der Waals surface area contributed by atoms with Gasteiger partial charge >= 0.3 is 0 Å². The number of hydrogen-bond acceptors (Lipinski definition) is 5. The molecule has 2 aromatic heterocycles. The average Bonchev–Trinajstić information content (AvgIpc) is 2.99. The first-order chi connectivity index (χ1) is 11.7. The van der Waals surface area contributed by atoms with Crippen molar-refractivity contribution < 1.29 is 4.79 Å². The summed E-state index contributed by atoms with van der Waals surface area (Å²) >= 11 is 7.51. The van der Waals surface area contributed by atoms with Gasteiger partial charge < -0.3 is 10.2 Å². The van der Waals surface area contributed by atoms with E-state index in [0.29, 0.717) is 23.2 Å². The largest absolute Gasteiger partial charge is 0.350 e. The van der Waals surface area contributed by atoms with Crippen molar-refractivity contribution in [3.8, 4) is 0 Å². The van der Waals surface area contributed by atoms with E-state index < -0.39 is 0 Å². The van der Waals surface area contributed by atoms with Crippen molar-refractivity contribution in [2.45, 2.75) is 13.0 Å². The highest BCUT2D eigenvalue weighted by Crippen LogP contribution is 2.26. The summed E-state index contributed by atoms with van der Waals surface area (Å²) in [6.07, 6.45) is 1.06. The molecule has 1 aromatic carbocycles. The van der Waals surface area contributed by atoms with Crippen LogP contribution in [0.3, 0.4) is 0 Å². The van der Waals surface area contributed by atoms with Gasteiger partial charge in [-0.15, -0.1) is 11.3 Å². The quantitative estimate of drug-likeness (QED) is 0.770. The predicted octanol–water partition coefficient (Wildman–Crippen LogP) is 3.80. The van der Waals surface area contributed by atoms with Crippen LogP contribution in [-0.4, -0.2) is 33.9 Å². The highest BCUT2D eigenvalue weighted by Gasteiger charge is 2.25. The van der Waals surface area contributed by atoms with E-state index in [-0.39, 0.29) is 5.91 Å². The van der Waals surface area contributed by atoms with E-state index >= 15 is 0 Å². The van der Waals surface area contributed by atoms with E-state index in [0.717, 1.165) is 35.3 Å². The lowest BCUT2D eigenvalue weighted by molar-refractivity contribution is 0.0648. The van der Waals surface area contributed by atoms with Gasteiger partial charge in [-0.3, -0.25) is 4.79 Å². The highest BCUT2D eigenvalue weighted by molar-refractivity contribution is 7.17. The molecule has 1 aliphatic heterocycles. The second-order valence-electron chi connectivity index (χ2n) is 5.66. The molecule has 3 aromatic rings. The summed E-state index contributed by atoms with van der Waals surface area (Å²) in [5.41, 5.74) is 2.32. The number of thiophene rings is 1. The standard InChI is InChI=1S/C17H15ClN4OS/c18-12-4-1-3-11(9-12)10-19-17-20-13-5-8-24-15(13)14(21-17)16(23)22-6-2-7-22/h1,3-5,8-9H,2,6-7,10H2,(H,19,20,21). The zero-order chi connectivity index (χ0) is 16.5. The Bertz CT molecular complexity index is 906. The Balaban J connectivity index is 1.62. The molecule has 0 radical (unpaired) electrons.